The Hall–Kier alpha value is -2.56. The molecule has 0 radical (unpaired) electrons. The van der Waals surface area contributed by atoms with E-state index in [9.17, 15) is 36.6 Å². The fourth-order valence-corrected chi connectivity index (χ4v) is 4.76. The second-order valence-electron chi connectivity index (χ2n) is 7.26. The first-order valence-electron chi connectivity index (χ1n) is 9.75. The van der Waals surface area contributed by atoms with Gasteiger partial charge in [0, 0.05) is 10.4 Å². The van der Waals surface area contributed by atoms with Crippen molar-refractivity contribution in [3.8, 4) is 26.6 Å². The zero-order chi connectivity index (χ0) is 24.6. The third kappa shape index (κ3) is 4.34. The molecule has 0 unspecified atom stereocenters. The van der Waals surface area contributed by atoms with E-state index in [0.717, 1.165) is 23.5 Å². The standard InChI is InChI=1S/C23H20F6O3S/c1-3-14-5-4-6-16(19(14)21(31,22(24,25)26)23(27,28)29)18-11-17(32-2)20(33-18)15-9-7-13(12-30)8-10-15/h4-11,30-31H,3,12H2,1-2H3. The summed E-state index contributed by atoms with van der Waals surface area (Å²) in [6, 6.07) is 11.6. The van der Waals surface area contributed by atoms with Crippen LogP contribution in [0.15, 0.2) is 48.5 Å². The lowest BCUT2D eigenvalue weighted by atomic mass is 9.83. The van der Waals surface area contributed by atoms with Crippen molar-refractivity contribution in [2.24, 2.45) is 0 Å². The maximum Gasteiger partial charge on any atom is 0.430 e. The second-order valence-corrected chi connectivity index (χ2v) is 8.31. The summed E-state index contributed by atoms with van der Waals surface area (Å²) in [6.45, 7) is 1.23. The van der Waals surface area contributed by atoms with Crippen LogP contribution in [0.1, 0.15) is 23.6 Å². The Labute approximate surface area is 189 Å². The third-order valence-corrected chi connectivity index (χ3v) is 6.49. The summed E-state index contributed by atoms with van der Waals surface area (Å²) in [5.74, 6) is 0.252. The van der Waals surface area contributed by atoms with Gasteiger partial charge in [-0.1, -0.05) is 49.4 Å². The molecule has 2 N–H and O–H groups in total. The number of alkyl halides is 6. The van der Waals surface area contributed by atoms with Gasteiger partial charge in [-0.3, -0.25) is 0 Å². The van der Waals surface area contributed by atoms with E-state index in [1.54, 1.807) is 24.3 Å². The molecular formula is C23H20F6O3S. The van der Waals surface area contributed by atoms with Crippen molar-refractivity contribution in [2.75, 3.05) is 7.11 Å². The number of methoxy groups -OCH3 is 1. The number of rotatable bonds is 6. The molecule has 0 spiro atoms. The molecule has 3 nitrogen and oxygen atoms in total. The lowest BCUT2D eigenvalue weighted by molar-refractivity contribution is -0.376. The molecule has 0 saturated carbocycles. The molecule has 0 aliphatic heterocycles. The SMILES string of the molecule is CCc1cccc(-c2cc(OC)c(-c3ccc(CO)cc3)s2)c1C(O)(C(F)(F)F)C(F)(F)F. The highest BCUT2D eigenvalue weighted by Crippen LogP contribution is 2.55. The van der Waals surface area contributed by atoms with Crippen molar-refractivity contribution in [1.29, 1.82) is 0 Å². The maximum absolute atomic E-state index is 13.8. The number of hydrogen-bond donors (Lipinski definition) is 2. The lowest BCUT2D eigenvalue weighted by Gasteiger charge is -2.35. The quantitative estimate of drug-likeness (QED) is 0.390. The first-order chi connectivity index (χ1) is 15.4. The molecule has 33 heavy (non-hydrogen) atoms. The molecule has 10 heteroatoms. The van der Waals surface area contributed by atoms with E-state index in [0.29, 0.717) is 16.0 Å². The van der Waals surface area contributed by atoms with Crippen molar-refractivity contribution in [1.82, 2.24) is 0 Å². The molecule has 0 aliphatic carbocycles. The zero-order valence-electron chi connectivity index (χ0n) is 17.5. The topological polar surface area (TPSA) is 49.7 Å². The highest BCUT2D eigenvalue weighted by molar-refractivity contribution is 7.19. The minimum atomic E-state index is -6.00. The van der Waals surface area contributed by atoms with Gasteiger partial charge >= 0.3 is 12.4 Å². The van der Waals surface area contributed by atoms with E-state index in [-0.39, 0.29) is 34.8 Å². The van der Waals surface area contributed by atoms with Crippen LogP contribution in [0.25, 0.3) is 20.9 Å². The highest BCUT2D eigenvalue weighted by atomic mass is 32.1. The third-order valence-electron chi connectivity index (χ3n) is 5.30. The largest absolute Gasteiger partial charge is 0.495 e. The van der Waals surface area contributed by atoms with Crippen LogP contribution < -0.4 is 4.74 Å². The van der Waals surface area contributed by atoms with Crippen LogP contribution in [0, 0.1) is 0 Å². The zero-order valence-corrected chi connectivity index (χ0v) is 18.3. The maximum atomic E-state index is 13.8. The predicted molar refractivity (Wildman–Crippen MR) is 113 cm³/mol. The van der Waals surface area contributed by atoms with Gasteiger partial charge in [0.05, 0.1) is 18.6 Å². The summed E-state index contributed by atoms with van der Waals surface area (Å²) < 4.78 is 88.0. The van der Waals surface area contributed by atoms with Crippen LogP contribution >= 0.6 is 11.3 Å². The van der Waals surface area contributed by atoms with Crippen LogP contribution in [0.3, 0.4) is 0 Å². The average molecular weight is 490 g/mol. The van der Waals surface area contributed by atoms with Crippen LogP contribution in [-0.4, -0.2) is 29.7 Å². The molecule has 1 aromatic heterocycles. The minimum absolute atomic E-state index is 0.0744. The Bertz CT molecular complexity index is 1100. The summed E-state index contributed by atoms with van der Waals surface area (Å²) in [5.41, 5.74) is -5.71. The van der Waals surface area contributed by atoms with Crippen LogP contribution in [0.4, 0.5) is 26.3 Å². The number of benzene rings is 2. The number of ether oxygens (including phenoxy) is 1. The van der Waals surface area contributed by atoms with Gasteiger partial charge in [-0.2, -0.15) is 26.3 Å². The molecule has 2 aromatic carbocycles. The number of halogens is 6. The van der Waals surface area contributed by atoms with Crippen molar-refractivity contribution >= 4 is 11.3 Å². The van der Waals surface area contributed by atoms with Gasteiger partial charge in [-0.15, -0.1) is 11.3 Å². The van der Waals surface area contributed by atoms with E-state index in [2.05, 4.69) is 0 Å². The second kappa shape index (κ2) is 9.00. The van der Waals surface area contributed by atoms with Gasteiger partial charge in [0.15, 0.2) is 0 Å². The van der Waals surface area contributed by atoms with Gasteiger partial charge in [0.2, 0.25) is 0 Å². The molecule has 0 aliphatic rings. The summed E-state index contributed by atoms with van der Waals surface area (Å²) in [5, 5.41) is 19.4. The average Bonchev–Trinajstić information content (AvgIpc) is 3.20. The van der Waals surface area contributed by atoms with E-state index in [4.69, 9.17) is 4.74 Å². The Morgan fingerprint density at radius 1 is 0.939 bits per heavy atom. The highest BCUT2D eigenvalue weighted by Gasteiger charge is 2.72. The fourth-order valence-electron chi connectivity index (χ4n) is 3.59. The predicted octanol–water partition coefficient (Wildman–Crippen LogP) is 6.46. The van der Waals surface area contributed by atoms with E-state index < -0.39 is 23.5 Å². The van der Waals surface area contributed by atoms with Gasteiger partial charge in [0.1, 0.15) is 5.75 Å². The number of aryl methyl sites for hydroxylation is 1. The van der Waals surface area contributed by atoms with Crippen molar-refractivity contribution in [2.45, 2.75) is 37.9 Å². The van der Waals surface area contributed by atoms with Crippen molar-refractivity contribution < 1.29 is 41.3 Å². The van der Waals surface area contributed by atoms with E-state index in [1.165, 1.54) is 26.2 Å². The molecule has 0 atom stereocenters. The molecule has 178 valence electrons. The Morgan fingerprint density at radius 3 is 2.03 bits per heavy atom. The van der Waals surface area contributed by atoms with Gasteiger partial charge < -0.3 is 14.9 Å². The fraction of sp³-hybridized carbons (Fsp3) is 0.304. The van der Waals surface area contributed by atoms with Gasteiger partial charge in [0.25, 0.3) is 5.60 Å². The number of aliphatic hydroxyl groups excluding tert-OH is 1. The molecule has 0 fully saturated rings. The number of hydrogen-bond acceptors (Lipinski definition) is 4. The lowest BCUT2D eigenvalue weighted by Crippen LogP contribution is -2.54. The number of thiophene rings is 1. The molecule has 0 amide bonds. The van der Waals surface area contributed by atoms with Gasteiger partial charge in [-0.25, -0.2) is 0 Å². The van der Waals surface area contributed by atoms with Crippen LogP contribution in [-0.2, 0) is 18.6 Å². The summed E-state index contributed by atoms with van der Waals surface area (Å²) >= 11 is 0.941. The summed E-state index contributed by atoms with van der Waals surface area (Å²) in [4.78, 5) is 0.553. The molecule has 1 heterocycles. The Kier molecular flexibility index (Phi) is 6.84. The van der Waals surface area contributed by atoms with Crippen LogP contribution in [0.5, 0.6) is 5.75 Å². The Morgan fingerprint density at radius 2 is 1.55 bits per heavy atom. The summed E-state index contributed by atoms with van der Waals surface area (Å²) in [6.07, 6.45) is -12.2. The molecule has 0 saturated heterocycles. The normalized spacial score (nSPS) is 12.8. The summed E-state index contributed by atoms with van der Waals surface area (Å²) in [7, 11) is 1.34. The minimum Gasteiger partial charge on any atom is -0.495 e. The molecule has 3 rings (SSSR count). The first-order valence-corrected chi connectivity index (χ1v) is 10.6. The monoisotopic (exact) mass is 490 g/mol. The molecule has 0 bridgehead atoms. The Balaban J connectivity index is 2.30. The molecule has 3 aromatic rings. The number of aliphatic hydroxyl groups is 2. The van der Waals surface area contributed by atoms with Gasteiger partial charge in [-0.05, 0) is 34.7 Å². The first kappa shape index (κ1) is 25.1. The smallest absolute Gasteiger partial charge is 0.430 e. The van der Waals surface area contributed by atoms with Crippen molar-refractivity contribution in [3.63, 3.8) is 0 Å². The van der Waals surface area contributed by atoms with Crippen LogP contribution in [0.2, 0.25) is 0 Å². The van der Waals surface area contributed by atoms with E-state index in [1.807, 2.05) is 0 Å². The molecular weight excluding hydrogens is 470 g/mol. The van der Waals surface area contributed by atoms with E-state index >= 15 is 0 Å². The van der Waals surface area contributed by atoms with Crippen molar-refractivity contribution in [3.05, 3.63) is 65.2 Å².